The summed E-state index contributed by atoms with van der Waals surface area (Å²) in [6.07, 6.45) is 5.23. The van der Waals surface area contributed by atoms with Crippen molar-refractivity contribution in [2.45, 2.75) is 19.6 Å². The van der Waals surface area contributed by atoms with Crippen LogP contribution in [-0.2, 0) is 24.4 Å². The third-order valence-corrected chi connectivity index (χ3v) is 2.90. The van der Waals surface area contributed by atoms with Gasteiger partial charge < -0.3 is 4.90 Å². The second-order valence-electron chi connectivity index (χ2n) is 4.06. The summed E-state index contributed by atoms with van der Waals surface area (Å²) in [7, 11) is 0. The molecule has 2 aromatic rings. The number of pyridine rings is 1. The average molecular weight is 228 g/mol. The maximum absolute atomic E-state index is 12.0. The molecule has 0 radical (unpaired) electrons. The Morgan fingerprint density at radius 3 is 3.00 bits per heavy atom. The van der Waals surface area contributed by atoms with Crippen LogP contribution in [0.2, 0.25) is 0 Å². The average Bonchev–Trinajstić information content (AvgIpc) is 2.96. The van der Waals surface area contributed by atoms with E-state index in [1.807, 2.05) is 18.2 Å². The fraction of sp³-hybridized carbons (Fsp3) is 0.250. The van der Waals surface area contributed by atoms with E-state index in [0.29, 0.717) is 19.6 Å². The number of fused-ring (bicyclic) bond motifs is 1. The number of hydrogen-bond donors (Lipinski definition) is 0. The van der Waals surface area contributed by atoms with Crippen LogP contribution in [0.15, 0.2) is 36.8 Å². The number of aromatic nitrogens is 3. The Balaban J connectivity index is 1.70. The molecule has 17 heavy (non-hydrogen) atoms. The Hall–Kier alpha value is -2.17. The Kier molecular flexibility index (Phi) is 2.36. The number of amides is 1. The van der Waals surface area contributed by atoms with E-state index in [1.165, 1.54) is 0 Å². The minimum absolute atomic E-state index is 0.0756. The van der Waals surface area contributed by atoms with E-state index in [0.717, 1.165) is 11.3 Å². The predicted molar refractivity (Wildman–Crippen MR) is 60.7 cm³/mol. The van der Waals surface area contributed by atoms with Crippen LogP contribution < -0.4 is 0 Å². The van der Waals surface area contributed by atoms with Crippen molar-refractivity contribution in [1.29, 1.82) is 0 Å². The van der Waals surface area contributed by atoms with Crippen LogP contribution in [0.3, 0.4) is 0 Å². The Bertz CT molecular complexity index is 510. The minimum Gasteiger partial charge on any atom is -0.331 e. The monoisotopic (exact) mass is 228 g/mol. The van der Waals surface area contributed by atoms with Crippen LogP contribution in [0.5, 0.6) is 0 Å². The Morgan fingerprint density at radius 1 is 1.29 bits per heavy atom. The summed E-state index contributed by atoms with van der Waals surface area (Å²) >= 11 is 0. The Labute approximate surface area is 98.7 Å². The predicted octanol–water partition coefficient (Wildman–Crippen LogP) is 0.821. The van der Waals surface area contributed by atoms with E-state index < -0.39 is 0 Å². The fourth-order valence-electron chi connectivity index (χ4n) is 2.01. The van der Waals surface area contributed by atoms with Gasteiger partial charge in [0.2, 0.25) is 5.91 Å². The van der Waals surface area contributed by atoms with E-state index in [9.17, 15) is 4.79 Å². The van der Waals surface area contributed by atoms with Crippen molar-refractivity contribution in [2.24, 2.45) is 0 Å². The molecule has 3 heterocycles. The molecule has 3 rings (SSSR count). The Morgan fingerprint density at radius 2 is 2.24 bits per heavy atom. The molecule has 0 saturated carbocycles. The van der Waals surface area contributed by atoms with E-state index in [-0.39, 0.29) is 5.91 Å². The molecule has 0 spiro atoms. The second kappa shape index (κ2) is 4.01. The summed E-state index contributed by atoms with van der Waals surface area (Å²) in [5.41, 5.74) is 2.14. The van der Waals surface area contributed by atoms with Crippen molar-refractivity contribution >= 4 is 5.91 Å². The number of carbonyl (C=O) groups excluding carboxylic acids is 1. The smallest absolute Gasteiger partial charge is 0.244 e. The van der Waals surface area contributed by atoms with Gasteiger partial charge in [-0.15, -0.1) is 0 Å². The molecule has 0 saturated heterocycles. The maximum atomic E-state index is 12.0. The summed E-state index contributed by atoms with van der Waals surface area (Å²) in [6.45, 7) is 1.56. The number of rotatable bonds is 2. The summed E-state index contributed by atoms with van der Waals surface area (Å²) in [6, 6.07) is 5.73. The highest BCUT2D eigenvalue weighted by molar-refractivity contribution is 5.76. The van der Waals surface area contributed by atoms with Gasteiger partial charge in [0.05, 0.1) is 12.2 Å². The van der Waals surface area contributed by atoms with Crippen molar-refractivity contribution in [2.75, 3.05) is 0 Å². The lowest BCUT2D eigenvalue weighted by molar-refractivity contribution is -0.132. The summed E-state index contributed by atoms with van der Waals surface area (Å²) in [5.74, 6) is 0.0756. The van der Waals surface area contributed by atoms with Gasteiger partial charge in [-0.1, -0.05) is 6.07 Å². The molecule has 5 heteroatoms. The maximum Gasteiger partial charge on any atom is 0.244 e. The largest absolute Gasteiger partial charge is 0.331 e. The molecule has 1 aliphatic heterocycles. The molecule has 1 aliphatic rings. The van der Waals surface area contributed by atoms with E-state index in [2.05, 4.69) is 10.1 Å². The zero-order chi connectivity index (χ0) is 11.7. The molecule has 0 aliphatic carbocycles. The van der Waals surface area contributed by atoms with E-state index >= 15 is 0 Å². The summed E-state index contributed by atoms with van der Waals surface area (Å²) in [5, 5.41) is 4.03. The van der Waals surface area contributed by atoms with Gasteiger partial charge in [0.1, 0.15) is 6.54 Å². The van der Waals surface area contributed by atoms with Crippen LogP contribution in [0.25, 0.3) is 0 Å². The third-order valence-electron chi connectivity index (χ3n) is 2.90. The summed E-state index contributed by atoms with van der Waals surface area (Å²) < 4.78 is 1.64. The first kappa shape index (κ1) is 10.0. The molecule has 0 aromatic carbocycles. The van der Waals surface area contributed by atoms with E-state index in [1.54, 1.807) is 28.2 Å². The first-order valence-electron chi connectivity index (χ1n) is 5.51. The van der Waals surface area contributed by atoms with Crippen LogP contribution >= 0.6 is 0 Å². The first-order chi connectivity index (χ1) is 8.33. The van der Waals surface area contributed by atoms with Crippen molar-refractivity contribution < 1.29 is 4.79 Å². The molecule has 86 valence electrons. The number of carbonyl (C=O) groups is 1. The van der Waals surface area contributed by atoms with Gasteiger partial charge in [0.15, 0.2) is 0 Å². The van der Waals surface area contributed by atoms with Gasteiger partial charge in [-0.05, 0) is 17.7 Å². The van der Waals surface area contributed by atoms with Crippen LogP contribution in [0, 0.1) is 0 Å². The second-order valence-corrected chi connectivity index (χ2v) is 4.06. The highest BCUT2D eigenvalue weighted by Gasteiger charge is 2.23. The van der Waals surface area contributed by atoms with Crippen LogP contribution in [0.4, 0.5) is 0 Å². The van der Waals surface area contributed by atoms with Gasteiger partial charge >= 0.3 is 0 Å². The van der Waals surface area contributed by atoms with Crippen molar-refractivity contribution in [3.05, 3.63) is 48.0 Å². The lowest BCUT2D eigenvalue weighted by Crippen LogP contribution is -2.29. The lowest BCUT2D eigenvalue weighted by Gasteiger charge is -2.14. The highest BCUT2D eigenvalue weighted by Crippen LogP contribution is 2.20. The van der Waals surface area contributed by atoms with Gasteiger partial charge in [-0.25, -0.2) is 0 Å². The van der Waals surface area contributed by atoms with Crippen LogP contribution in [-0.4, -0.2) is 25.6 Å². The molecular weight excluding hydrogens is 216 g/mol. The van der Waals surface area contributed by atoms with Crippen molar-refractivity contribution in [1.82, 2.24) is 19.7 Å². The molecule has 0 bridgehead atoms. The SMILES string of the molecule is O=C(Cn1cccn1)N1Cc2cccnc2C1. The zero-order valence-corrected chi connectivity index (χ0v) is 9.28. The molecule has 0 fully saturated rings. The first-order valence-corrected chi connectivity index (χ1v) is 5.51. The van der Waals surface area contributed by atoms with Gasteiger partial charge in [-0.2, -0.15) is 5.10 Å². The number of hydrogen-bond acceptors (Lipinski definition) is 3. The molecule has 0 unspecified atom stereocenters. The van der Waals surface area contributed by atoms with Crippen molar-refractivity contribution in [3.63, 3.8) is 0 Å². The number of nitrogens with zero attached hydrogens (tertiary/aromatic N) is 4. The zero-order valence-electron chi connectivity index (χ0n) is 9.28. The van der Waals surface area contributed by atoms with Gasteiger partial charge in [-0.3, -0.25) is 14.5 Å². The molecular formula is C12H12N4O. The fourth-order valence-corrected chi connectivity index (χ4v) is 2.01. The van der Waals surface area contributed by atoms with Gasteiger partial charge in [0.25, 0.3) is 0 Å². The molecule has 2 aromatic heterocycles. The molecule has 5 nitrogen and oxygen atoms in total. The summed E-state index contributed by atoms with van der Waals surface area (Å²) in [4.78, 5) is 18.1. The standard InChI is InChI=1S/C12H12N4O/c17-12(9-16-6-2-5-14-16)15-7-10-3-1-4-13-11(10)8-15/h1-6H,7-9H2. The van der Waals surface area contributed by atoms with E-state index in [4.69, 9.17) is 0 Å². The topological polar surface area (TPSA) is 51.0 Å². The minimum atomic E-state index is 0.0756. The lowest BCUT2D eigenvalue weighted by atomic mass is 10.2. The quantitative estimate of drug-likeness (QED) is 0.764. The third kappa shape index (κ3) is 1.91. The molecule has 1 amide bonds. The highest BCUT2D eigenvalue weighted by atomic mass is 16.2. The van der Waals surface area contributed by atoms with Gasteiger partial charge in [0, 0.05) is 25.1 Å². The normalized spacial score (nSPS) is 13.8. The molecule has 0 N–H and O–H groups in total. The molecule has 0 atom stereocenters. The van der Waals surface area contributed by atoms with Crippen LogP contribution in [0.1, 0.15) is 11.3 Å². The van der Waals surface area contributed by atoms with Crippen molar-refractivity contribution in [3.8, 4) is 0 Å².